The number of ether oxygens (including phenoxy) is 1. The summed E-state index contributed by atoms with van der Waals surface area (Å²) in [5.41, 5.74) is 1.56. The smallest absolute Gasteiger partial charge is 0.311 e. The third kappa shape index (κ3) is 2.84. The van der Waals surface area contributed by atoms with E-state index in [1.807, 2.05) is 6.07 Å². The summed E-state index contributed by atoms with van der Waals surface area (Å²) in [4.78, 5) is 13.0. The molecule has 5 nitrogen and oxygen atoms in total. The first-order valence-corrected chi connectivity index (χ1v) is 9.09. The summed E-state index contributed by atoms with van der Waals surface area (Å²) in [6, 6.07) is 5.18. The van der Waals surface area contributed by atoms with Crippen LogP contribution in [0.25, 0.3) is 0 Å². The summed E-state index contributed by atoms with van der Waals surface area (Å²) in [6.07, 6.45) is 11.9. The average Bonchev–Trinajstić information content (AvgIpc) is 3.38. The van der Waals surface area contributed by atoms with Gasteiger partial charge >= 0.3 is 5.69 Å². The molecule has 1 aliphatic heterocycles. The third-order valence-electron chi connectivity index (χ3n) is 6.60. The van der Waals surface area contributed by atoms with Gasteiger partial charge < -0.3 is 9.64 Å². The standard InChI is InChI=1S/C20H24N2O3/c1-3-14-10-17(14)15-12-20(13-15)6-8-21(9-7-20)16-4-5-18(22(23)24)19(11-16)25-2/h1,4-5,11,14-15,17H,6-10,12-13H2,2H3/t14-,17-/m0/s1. The molecule has 2 saturated carbocycles. The molecule has 5 heteroatoms. The second-order valence-electron chi connectivity index (χ2n) is 7.94. The minimum atomic E-state index is -0.399. The lowest BCUT2D eigenvalue weighted by Crippen LogP contribution is -2.47. The number of anilines is 1. The van der Waals surface area contributed by atoms with E-state index in [9.17, 15) is 10.1 Å². The lowest BCUT2D eigenvalue weighted by molar-refractivity contribution is -0.385. The number of hydrogen-bond acceptors (Lipinski definition) is 4. The van der Waals surface area contributed by atoms with E-state index in [4.69, 9.17) is 11.2 Å². The Kier molecular flexibility index (Phi) is 3.87. The summed E-state index contributed by atoms with van der Waals surface area (Å²) in [6.45, 7) is 2.02. The first-order valence-electron chi connectivity index (χ1n) is 9.09. The summed E-state index contributed by atoms with van der Waals surface area (Å²) in [5.74, 6) is 5.45. The molecule has 1 aromatic carbocycles. The van der Waals surface area contributed by atoms with Gasteiger partial charge in [-0.2, -0.15) is 0 Å². The van der Waals surface area contributed by atoms with E-state index in [2.05, 4.69) is 10.8 Å². The van der Waals surface area contributed by atoms with Crippen LogP contribution < -0.4 is 9.64 Å². The molecule has 4 rings (SSSR count). The van der Waals surface area contributed by atoms with Crippen LogP contribution in [-0.4, -0.2) is 25.1 Å². The Bertz CT molecular complexity index is 723. The van der Waals surface area contributed by atoms with Gasteiger partial charge in [0.05, 0.1) is 12.0 Å². The Hall–Kier alpha value is -2.22. The van der Waals surface area contributed by atoms with Crippen molar-refractivity contribution in [2.45, 2.75) is 32.1 Å². The van der Waals surface area contributed by atoms with Crippen LogP contribution in [0.15, 0.2) is 18.2 Å². The van der Waals surface area contributed by atoms with Crippen molar-refractivity contribution in [2.75, 3.05) is 25.1 Å². The lowest BCUT2D eigenvalue weighted by atomic mass is 9.56. The molecule has 0 N–H and O–H groups in total. The number of methoxy groups -OCH3 is 1. The monoisotopic (exact) mass is 340 g/mol. The Labute approximate surface area is 148 Å². The summed E-state index contributed by atoms with van der Waals surface area (Å²) in [7, 11) is 1.48. The fourth-order valence-electron chi connectivity index (χ4n) is 4.94. The molecule has 132 valence electrons. The Morgan fingerprint density at radius 1 is 1.36 bits per heavy atom. The number of nitrogens with zero attached hydrogens (tertiary/aromatic N) is 2. The zero-order valence-electron chi connectivity index (χ0n) is 14.6. The molecule has 0 unspecified atom stereocenters. The normalized spacial score (nSPS) is 27.4. The summed E-state index contributed by atoms with van der Waals surface area (Å²) < 4.78 is 5.19. The largest absolute Gasteiger partial charge is 0.490 e. The molecule has 1 aromatic rings. The van der Waals surface area contributed by atoms with Crippen molar-refractivity contribution in [3.63, 3.8) is 0 Å². The molecular weight excluding hydrogens is 316 g/mol. The highest BCUT2D eigenvalue weighted by atomic mass is 16.6. The van der Waals surface area contributed by atoms with Crippen molar-refractivity contribution in [1.29, 1.82) is 0 Å². The number of hydrogen-bond donors (Lipinski definition) is 0. The lowest BCUT2D eigenvalue weighted by Gasteiger charge is -2.53. The van der Waals surface area contributed by atoms with Gasteiger partial charge in [0.1, 0.15) is 0 Å². The van der Waals surface area contributed by atoms with Gasteiger partial charge in [0.25, 0.3) is 0 Å². The average molecular weight is 340 g/mol. The number of nitro groups is 1. The van der Waals surface area contributed by atoms with E-state index in [1.54, 1.807) is 12.1 Å². The zero-order valence-corrected chi connectivity index (χ0v) is 14.6. The van der Waals surface area contributed by atoms with Crippen LogP contribution in [0.1, 0.15) is 32.1 Å². The molecule has 0 aromatic heterocycles. The molecule has 25 heavy (non-hydrogen) atoms. The maximum Gasteiger partial charge on any atom is 0.311 e. The van der Waals surface area contributed by atoms with E-state index >= 15 is 0 Å². The van der Waals surface area contributed by atoms with Crippen molar-refractivity contribution in [3.8, 4) is 18.1 Å². The van der Waals surface area contributed by atoms with Crippen LogP contribution >= 0.6 is 0 Å². The van der Waals surface area contributed by atoms with E-state index in [0.29, 0.717) is 17.1 Å². The van der Waals surface area contributed by atoms with Gasteiger partial charge in [-0.25, -0.2) is 0 Å². The quantitative estimate of drug-likeness (QED) is 0.474. The molecule has 2 aliphatic carbocycles. The number of terminal acetylenes is 1. The maximum atomic E-state index is 11.0. The minimum Gasteiger partial charge on any atom is -0.490 e. The van der Waals surface area contributed by atoms with Crippen LogP contribution in [0.5, 0.6) is 5.75 Å². The van der Waals surface area contributed by atoms with Crippen molar-refractivity contribution in [3.05, 3.63) is 28.3 Å². The van der Waals surface area contributed by atoms with Crippen LogP contribution in [0.2, 0.25) is 0 Å². The molecule has 1 spiro atoms. The molecule has 0 amide bonds. The van der Waals surface area contributed by atoms with E-state index in [0.717, 1.165) is 30.6 Å². The number of nitro benzene ring substituents is 1. The van der Waals surface area contributed by atoms with Gasteiger partial charge in [0.15, 0.2) is 5.75 Å². The molecule has 0 bridgehead atoms. The van der Waals surface area contributed by atoms with E-state index in [1.165, 1.54) is 39.2 Å². The Balaban J connectivity index is 1.37. The second kappa shape index (κ2) is 5.94. The molecular formula is C20H24N2O3. The van der Waals surface area contributed by atoms with Crippen molar-refractivity contribution in [2.24, 2.45) is 23.2 Å². The van der Waals surface area contributed by atoms with Gasteiger partial charge in [-0.3, -0.25) is 10.1 Å². The minimum absolute atomic E-state index is 0.0223. The van der Waals surface area contributed by atoms with Gasteiger partial charge in [-0.05, 0) is 55.4 Å². The van der Waals surface area contributed by atoms with Crippen LogP contribution in [0.3, 0.4) is 0 Å². The van der Waals surface area contributed by atoms with E-state index in [-0.39, 0.29) is 5.69 Å². The van der Waals surface area contributed by atoms with E-state index < -0.39 is 4.92 Å². The zero-order chi connectivity index (χ0) is 17.6. The molecule has 1 saturated heterocycles. The SMILES string of the molecule is C#C[C@H]1C[C@@H]1C1CC2(CCN(c3ccc([N+](=O)[O-])c(OC)c3)CC2)C1. The molecule has 3 fully saturated rings. The maximum absolute atomic E-state index is 11.0. The highest BCUT2D eigenvalue weighted by molar-refractivity contribution is 5.59. The first kappa shape index (κ1) is 16.3. The van der Waals surface area contributed by atoms with Crippen LogP contribution in [0.4, 0.5) is 11.4 Å². The molecule has 2 atom stereocenters. The number of benzene rings is 1. The molecule has 1 heterocycles. The van der Waals surface area contributed by atoms with Crippen LogP contribution in [0, 0.1) is 45.6 Å². The summed E-state index contributed by atoms with van der Waals surface area (Å²) in [5, 5.41) is 11.0. The van der Waals surface area contributed by atoms with Gasteiger partial charge in [-0.15, -0.1) is 12.3 Å². The van der Waals surface area contributed by atoms with Crippen molar-refractivity contribution in [1.82, 2.24) is 0 Å². The Morgan fingerprint density at radius 3 is 2.64 bits per heavy atom. The van der Waals surface area contributed by atoms with Gasteiger partial charge in [0, 0.05) is 36.8 Å². The van der Waals surface area contributed by atoms with Gasteiger partial charge in [0.2, 0.25) is 0 Å². The molecule has 3 aliphatic rings. The fraction of sp³-hybridized carbons (Fsp3) is 0.600. The van der Waals surface area contributed by atoms with Gasteiger partial charge in [-0.1, -0.05) is 0 Å². The first-order chi connectivity index (χ1) is 12.0. The predicted octanol–water partition coefficient (Wildman–Crippen LogP) is 3.87. The topological polar surface area (TPSA) is 55.6 Å². The van der Waals surface area contributed by atoms with Crippen molar-refractivity contribution < 1.29 is 9.66 Å². The second-order valence-corrected chi connectivity index (χ2v) is 7.94. The highest BCUT2D eigenvalue weighted by Gasteiger charge is 2.53. The fourth-order valence-corrected chi connectivity index (χ4v) is 4.94. The number of piperidine rings is 1. The third-order valence-corrected chi connectivity index (χ3v) is 6.60. The Morgan fingerprint density at radius 2 is 2.08 bits per heavy atom. The highest BCUT2D eigenvalue weighted by Crippen LogP contribution is 2.61. The van der Waals surface area contributed by atoms with Crippen LogP contribution in [-0.2, 0) is 0 Å². The molecule has 0 radical (unpaired) electrons. The predicted molar refractivity (Wildman–Crippen MR) is 96.7 cm³/mol. The summed E-state index contributed by atoms with van der Waals surface area (Å²) >= 11 is 0. The number of rotatable bonds is 4. The van der Waals surface area contributed by atoms with Crippen molar-refractivity contribution >= 4 is 11.4 Å².